The van der Waals surface area contributed by atoms with Gasteiger partial charge in [0.05, 0.1) is 12.0 Å². The molecule has 120 valence electrons. The molecular weight excluding hydrogens is 298 g/mol. The molecule has 0 fully saturated rings. The number of amides is 1. The van der Waals surface area contributed by atoms with Crippen LogP contribution in [0.2, 0.25) is 0 Å². The Balaban J connectivity index is 1.96. The van der Waals surface area contributed by atoms with Crippen LogP contribution in [0, 0.1) is 10.1 Å². The van der Waals surface area contributed by atoms with Crippen molar-refractivity contribution in [2.75, 3.05) is 25.5 Å². The Labute approximate surface area is 133 Å². The van der Waals surface area contributed by atoms with Crippen LogP contribution in [-0.4, -0.2) is 31.0 Å². The van der Waals surface area contributed by atoms with Crippen molar-refractivity contribution in [3.05, 3.63) is 64.2 Å². The zero-order valence-corrected chi connectivity index (χ0v) is 12.6. The number of nitro benzene ring substituents is 1. The summed E-state index contributed by atoms with van der Waals surface area (Å²) in [6.45, 7) is 0.843. The summed E-state index contributed by atoms with van der Waals surface area (Å²) in [5.74, 6) is -0.117. The molecule has 2 N–H and O–H groups in total. The molecule has 2 aromatic rings. The normalized spacial score (nSPS) is 9.96. The molecule has 0 saturated heterocycles. The zero-order valence-electron chi connectivity index (χ0n) is 12.6. The first kappa shape index (κ1) is 16.3. The van der Waals surface area contributed by atoms with Crippen LogP contribution < -0.4 is 15.4 Å². The Hall–Kier alpha value is -3.09. The van der Waals surface area contributed by atoms with E-state index >= 15 is 0 Å². The van der Waals surface area contributed by atoms with E-state index in [-0.39, 0.29) is 11.3 Å². The van der Waals surface area contributed by atoms with Gasteiger partial charge in [0, 0.05) is 24.8 Å². The Morgan fingerprint density at radius 1 is 1.17 bits per heavy atom. The van der Waals surface area contributed by atoms with Crippen LogP contribution >= 0.6 is 0 Å². The molecule has 7 nitrogen and oxygen atoms in total. The number of hydrogen-bond acceptors (Lipinski definition) is 5. The third kappa shape index (κ3) is 4.44. The summed E-state index contributed by atoms with van der Waals surface area (Å²) < 4.78 is 5.01. The third-order valence-corrected chi connectivity index (χ3v) is 3.16. The van der Waals surface area contributed by atoms with Crippen molar-refractivity contribution in [2.45, 2.75) is 0 Å². The molecule has 0 atom stereocenters. The minimum atomic E-state index is -0.587. The quantitative estimate of drug-likeness (QED) is 0.465. The van der Waals surface area contributed by atoms with E-state index in [9.17, 15) is 14.9 Å². The number of nitrogens with one attached hydrogen (secondary N) is 2. The van der Waals surface area contributed by atoms with Gasteiger partial charge in [0.1, 0.15) is 11.3 Å². The monoisotopic (exact) mass is 315 g/mol. The van der Waals surface area contributed by atoms with Gasteiger partial charge in [-0.3, -0.25) is 14.9 Å². The zero-order chi connectivity index (χ0) is 16.7. The molecule has 0 unspecified atom stereocenters. The summed E-state index contributed by atoms with van der Waals surface area (Å²) in [6, 6.07) is 13.6. The Morgan fingerprint density at radius 3 is 2.57 bits per heavy atom. The van der Waals surface area contributed by atoms with Gasteiger partial charge in [-0.1, -0.05) is 18.2 Å². The molecule has 0 saturated carbocycles. The first-order valence-electron chi connectivity index (χ1n) is 7.01. The number of ether oxygens (including phenoxy) is 1. The number of carbonyl (C=O) groups is 1. The fourth-order valence-corrected chi connectivity index (χ4v) is 2.02. The van der Waals surface area contributed by atoms with Crippen molar-refractivity contribution in [3.63, 3.8) is 0 Å². The molecule has 0 aliphatic carbocycles. The van der Waals surface area contributed by atoms with Crippen LogP contribution in [0.15, 0.2) is 48.5 Å². The average molecular weight is 315 g/mol. The maximum Gasteiger partial charge on any atom is 0.282 e. The highest BCUT2D eigenvalue weighted by atomic mass is 16.6. The summed E-state index contributed by atoms with van der Waals surface area (Å²) in [5.41, 5.74) is 0.669. The Kier molecular flexibility index (Phi) is 5.51. The van der Waals surface area contributed by atoms with Crippen molar-refractivity contribution >= 4 is 17.3 Å². The van der Waals surface area contributed by atoms with Gasteiger partial charge in [-0.05, 0) is 24.3 Å². The molecule has 2 rings (SSSR count). The van der Waals surface area contributed by atoms with Crippen LogP contribution in [0.4, 0.5) is 11.4 Å². The minimum Gasteiger partial charge on any atom is -0.497 e. The van der Waals surface area contributed by atoms with Gasteiger partial charge < -0.3 is 15.4 Å². The van der Waals surface area contributed by atoms with Crippen molar-refractivity contribution in [2.24, 2.45) is 0 Å². The van der Waals surface area contributed by atoms with Crippen molar-refractivity contribution in [1.29, 1.82) is 0 Å². The number of hydrogen-bond donors (Lipinski definition) is 2. The lowest BCUT2D eigenvalue weighted by Gasteiger charge is -2.09. The topological polar surface area (TPSA) is 93.5 Å². The van der Waals surface area contributed by atoms with E-state index in [0.29, 0.717) is 18.8 Å². The lowest BCUT2D eigenvalue weighted by atomic mass is 10.1. The van der Waals surface area contributed by atoms with Gasteiger partial charge in [-0.25, -0.2) is 0 Å². The first-order chi connectivity index (χ1) is 11.1. The molecule has 0 aromatic heterocycles. The molecule has 0 radical (unpaired) electrons. The van der Waals surface area contributed by atoms with E-state index in [1.165, 1.54) is 25.3 Å². The molecule has 0 spiro atoms. The summed E-state index contributed by atoms with van der Waals surface area (Å²) in [5, 5.41) is 16.8. The fourth-order valence-electron chi connectivity index (χ4n) is 2.02. The number of nitro groups is 1. The summed E-state index contributed by atoms with van der Waals surface area (Å²) >= 11 is 0. The molecule has 0 bridgehead atoms. The van der Waals surface area contributed by atoms with Gasteiger partial charge in [-0.15, -0.1) is 0 Å². The second kappa shape index (κ2) is 7.79. The molecular formula is C16H17N3O4. The summed E-state index contributed by atoms with van der Waals surface area (Å²) in [4.78, 5) is 22.6. The predicted octanol–water partition coefficient (Wildman–Crippen LogP) is 2.45. The van der Waals surface area contributed by atoms with Crippen LogP contribution in [0.25, 0.3) is 0 Å². The summed E-state index contributed by atoms with van der Waals surface area (Å²) in [6.07, 6.45) is 0. The summed E-state index contributed by atoms with van der Waals surface area (Å²) in [7, 11) is 1.44. The number of para-hydroxylation sites is 1. The van der Waals surface area contributed by atoms with Crippen molar-refractivity contribution in [3.8, 4) is 5.75 Å². The number of carbonyl (C=O) groups excluding carboxylic acids is 1. The number of benzene rings is 2. The fraction of sp³-hybridized carbons (Fsp3) is 0.188. The SMILES string of the molecule is COc1ccc([N+](=O)[O-])c(C(=O)NCCNc2ccccc2)c1. The van der Waals surface area contributed by atoms with Gasteiger partial charge in [0.2, 0.25) is 0 Å². The first-order valence-corrected chi connectivity index (χ1v) is 7.01. The highest BCUT2D eigenvalue weighted by Crippen LogP contribution is 2.23. The van der Waals surface area contributed by atoms with Crippen molar-refractivity contribution < 1.29 is 14.5 Å². The Morgan fingerprint density at radius 2 is 1.91 bits per heavy atom. The number of anilines is 1. The van der Waals surface area contributed by atoms with E-state index in [2.05, 4.69) is 10.6 Å². The van der Waals surface area contributed by atoms with Crippen LogP contribution in [0.3, 0.4) is 0 Å². The maximum absolute atomic E-state index is 12.2. The van der Waals surface area contributed by atoms with Crippen molar-refractivity contribution in [1.82, 2.24) is 5.32 Å². The van der Waals surface area contributed by atoms with Crippen LogP contribution in [0.1, 0.15) is 10.4 Å². The molecule has 2 aromatic carbocycles. The van der Waals surface area contributed by atoms with Gasteiger partial charge >= 0.3 is 0 Å². The van der Waals surface area contributed by atoms with E-state index < -0.39 is 10.8 Å². The third-order valence-electron chi connectivity index (χ3n) is 3.16. The second-order valence-electron chi connectivity index (χ2n) is 4.69. The lowest BCUT2D eigenvalue weighted by Crippen LogP contribution is -2.29. The van der Waals surface area contributed by atoms with Gasteiger partial charge in [-0.2, -0.15) is 0 Å². The largest absolute Gasteiger partial charge is 0.497 e. The van der Waals surface area contributed by atoms with E-state index in [4.69, 9.17) is 4.74 Å². The Bertz CT molecular complexity index is 689. The standard InChI is InChI=1S/C16H17N3O4/c1-23-13-7-8-15(19(21)22)14(11-13)16(20)18-10-9-17-12-5-3-2-4-6-12/h2-8,11,17H,9-10H2,1H3,(H,18,20). The molecule has 23 heavy (non-hydrogen) atoms. The minimum absolute atomic E-state index is 0.0194. The number of methoxy groups -OCH3 is 1. The van der Waals surface area contributed by atoms with E-state index in [0.717, 1.165) is 5.69 Å². The second-order valence-corrected chi connectivity index (χ2v) is 4.69. The highest BCUT2D eigenvalue weighted by molar-refractivity contribution is 5.98. The predicted molar refractivity (Wildman–Crippen MR) is 86.9 cm³/mol. The molecule has 7 heteroatoms. The highest BCUT2D eigenvalue weighted by Gasteiger charge is 2.20. The smallest absolute Gasteiger partial charge is 0.282 e. The average Bonchev–Trinajstić information content (AvgIpc) is 2.58. The van der Waals surface area contributed by atoms with Crippen LogP contribution in [0.5, 0.6) is 5.75 Å². The molecule has 1 amide bonds. The lowest BCUT2D eigenvalue weighted by molar-refractivity contribution is -0.385. The molecule has 0 aliphatic rings. The van der Waals surface area contributed by atoms with Gasteiger partial charge in [0.25, 0.3) is 11.6 Å². The van der Waals surface area contributed by atoms with E-state index in [1.54, 1.807) is 0 Å². The van der Waals surface area contributed by atoms with Gasteiger partial charge in [0.15, 0.2) is 0 Å². The maximum atomic E-state index is 12.2. The molecule has 0 aliphatic heterocycles. The number of rotatable bonds is 7. The van der Waals surface area contributed by atoms with Crippen LogP contribution in [-0.2, 0) is 0 Å². The van der Waals surface area contributed by atoms with E-state index in [1.807, 2.05) is 30.3 Å². The number of nitrogens with zero attached hydrogens (tertiary/aromatic N) is 1. The molecule has 0 heterocycles.